The number of nitrogens with zero attached hydrogens (tertiary/aromatic N) is 2. The Balaban J connectivity index is 2.20. The van der Waals surface area contributed by atoms with Gasteiger partial charge in [-0.3, -0.25) is 4.79 Å². The van der Waals surface area contributed by atoms with Gasteiger partial charge < -0.3 is 24.7 Å². The highest BCUT2D eigenvalue weighted by Crippen LogP contribution is 1.95. The minimum absolute atomic E-state index is 0.0163. The van der Waals surface area contributed by atoms with Crippen LogP contribution in [0.5, 0.6) is 0 Å². The average molecular weight is 284 g/mol. The van der Waals surface area contributed by atoms with Gasteiger partial charge in [-0.2, -0.15) is 0 Å². The van der Waals surface area contributed by atoms with Gasteiger partial charge in [-0.15, -0.1) is 0 Å². The molecule has 0 saturated carbocycles. The normalized spacial score (nSPS) is 10.7. The summed E-state index contributed by atoms with van der Waals surface area (Å²) < 4.78 is 11.6. The van der Waals surface area contributed by atoms with Crippen molar-refractivity contribution in [1.29, 1.82) is 0 Å². The quantitative estimate of drug-likeness (QED) is 0.549. The second-order valence-corrected chi connectivity index (χ2v) is 4.40. The van der Waals surface area contributed by atoms with Crippen LogP contribution in [0.25, 0.3) is 0 Å². The first-order valence-electron chi connectivity index (χ1n) is 6.72. The molecule has 0 radical (unpaired) electrons. The summed E-state index contributed by atoms with van der Waals surface area (Å²) in [5.41, 5.74) is 0.910. The van der Waals surface area contributed by atoms with Crippen LogP contribution in [0.1, 0.15) is 12.1 Å². The number of ether oxygens (including phenoxy) is 2. The molecular formula is C13H24N4O3. The van der Waals surface area contributed by atoms with Crippen LogP contribution in [0, 0.1) is 0 Å². The smallest absolute Gasteiger partial charge is 0.239 e. The monoisotopic (exact) mass is 284 g/mol. The minimum Gasteiger partial charge on any atom is -0.385 e. The maximum absolute atomic E-state index is 11.7. The molecule has 0 saturated heterocycles. The Hall–Kier alpha value is -1.44. The molecule has 7 nitrogen and oxygen atoms in total. The fraction of sp³-hybridized carbons (Fsp3) is 0.692. The third kappa shape index (κ3) is 7.22. The molecule has 0 bridgehead atoms. The minimum atomic E-state index is -0.0163. The first-order valence-corrected chi connectivity index (χ1v) is 6.72. The zero-order valence-electron chi connectivity index (χ0n) is 12.2. The summed E-state index contributed by atoms with van der Waals surface area (Å²) in [5, 5.41) is 6.04. The first-order chi connectivity index (χ1) is 9.76. The second-order valence-electron chi connectivity index (χ2n) is 4.40. The number of imidazole rings is 1. The molecule has 0 aliphatic heterocycles. The van der Waals surface area contributed by atoms with Gasteiger partial charge in [0, 0.05) is 46.7 Å². The Labute approximate surface area is 119 Å². The van der Waals surface area contributed by atoms with Crippen molar-refractivity contribution in [3.05, 3.63) is 18.2 Å². The van der Waals surface area contributed by atoms with Gasteiger partial charge in [-0.05, 0) is 6.42 Å². The summed E-state index contributed by atoms with van der Waals surface area (Å²) in [6.07, 6.45) is 4.36. The fourth-order valence-electron chi connectivity index (χ4n) is 1.64. The lowest BCUT2D eigenvalue weighted by Gasteiger charge is -2.05. The molecule has 1 aromatic heterocycles. The topological polar surface area (TPSA) is 77.4 Å². The number of aromatic nitrogens is 2. The number of nitrogens with one attached hydrogen (secondary N) is 2. The van der Waals surface area contributed by atoms with Crippen LogP contribution < -0.4 is 10.6 Å². The average Bonchev–Trinajstić information content (AvgIpc) is 2.87. The van der Waals surface area contributed by atoms with Gasteiger partial charge in [0.05, 0.1) is 18.6 Å². The molecule has 2 N–H and O–H groups in total. The fourth-order valence-corrected chi connectivity index (χ4v) is 1.64. The van der Waals surface area contributed by atoms with Gasteiger partial charge in [-0.1, -0.05) is 0 Å². The Bertz CT molecular complexity index is 381. The van der Waals surface area contributed by atoms with Crippen molar-refractivity contribution < 1.29 is 14.3 Å². The maximum atomic E-state index is 11.7. The van der Waals surface area contributed by atoms with Crippen molar-refractivity contribution in [3.63, 3.8) is 0 Å². The Morgan fingerprint density at radius 2 is 2.10 bits per heavy atom. The highest BCUT2D eigenvalue weighted by Gasteiger charge is 2.04. The molecule has 0 aliphatic carbocycles. The molecule has 0 fully saturated rings. The molecule has 1 rings (SSSR count). The van der Waals surface area contributed by atoms with Crippen molar-refractivity contribution in [2.45, 2.75) is 19.5 Å². The van der Waals surface area contributed by atoms with Gasteiger partial charge in [-0.25, -0.2) is 4.98 Å². The molecular weight excluding hydrogens is 260 g/mol. The molecule has 0 atom stereocenters. The zero-order valence-corrected chi connectivity index (χ0v) is 12.2. The van der Waals surface area contributed by atoms with Gasteiger partial charge in [0.15, 0.2) is 0 Å². The van der Waals surface area contributed by atoms with Crippen LogP contribution in [-0.2, 0) is 27.4 Å². The van der Waals surface area contributed by atoms with Crippen molar-refractivity contribution in [2.24, 2.45) is 0 Å². The molecule has 0 aliphatic rings. The van der Waals surface area contributed by atoms with Crippen molar-refractivity contribution >= 4 is 5.91 Å². The van der Waals surface area contributed by atoms with Crippen LogP contribution in [0.2, 0.25) is 0 Å². The third-order valence-electron chi connectivity index (χ3n) is 2.65. The first kappa shape index (κ1) is 16.6. The van der Waals surface area contributed by atoms with E-state index in [1.807, 2.05) is 6.20 Å². The number of amides is 1. The van der Waals surface area contributed by atoms with Crippen molar-refractivity contribution in [3.8, 4) is 0 Å². The largest absolute Gasteiger partial charge is 0.385 e. The van der Waals surface area contributed by atoms with Gasteiger partial charge >= 0.3 is 0 Å². The number of carbonyl (C=O) groups excluding carboxylic acids is 1. The summed E-state index contributed by atoms with van der Waals surface area (Å²) in [5.74, 6) is -0.0163. The highest BCUT2D eigenvalue weighted by molar-refractivity contribution is 5.75. The Morgan fingerprint density at radius 1 is 1.30 bits per heavy atom. The molecule has 1 amide bonds. The van der Waals surface area contributed by atoms with E-state index in [0.717, 1.165) is 18.7 Å². The third-order valence-corrected chi connectivity index (χ3v) is 2.65. The van der Waals surface area contributed by atoms with Crippen LogP contribution in [0.15, 0.2) is 12.5 Å². The molecule has 114 valence electrons. The maximum Gasteiger partial charge on any atom is 0.239 e. The lowest BCUT2D eigenvalue weighted by Crippen LogP contribution is -2.28. The summed E-state index contributed by atoms with van der Waals surface area (Å²) in [6.45, 7) is 3.70. The molecule has 1 heterocycles. The summed E-state index contributed by atoms with van der Waals surface area (Å²) in [6, 6.07) is 0. The van der Waals surface area contributed by atoms with Crippen LogP contribution in [-0.4, -0.2) is 56.0 Å². The van der Waals surface area contributed by atoms with Crippen molar-refractivity contribution in [1.82, 2.24) is 20.2 Å². The van der Waals surface area contributed by atoms with E-state index in [1.165, 1.54) is 0 Å². The Kier molecular flexibility index (Phi) is 8.61. The second kappa shape index (κ2) is 10.4. The molecule has 0 unspecified atom stereocenters. The molecule has 20 heavy (non-hydrogen) atoms. The standard InChI is InChI=1S/C13H24N4O3/c1-19-6-3-4-15-13(18)10-17-9-12(16-11-17)8-14-5-7-20-2/h9,11,14H,3-8,10H2,1-2H3,(H,15,18). The van der Waals surface area contributed by atoms with E-state index in [9.17, 15) is 4.79 Å². The number of carbonyl (C=O) groups is 1. The number of hydrogen-bond donors (Lipinski definition) is 2. The highest BCUT2D eigenvalue weighted by atomic mass is 16.5. The zero-order chi connectivity index (χ0) is 14.6. The summed E-state index contributed by atoms with van der Waals surface area (Å²) in [7, 11) is 3.32. The van der Waals surface area contributed by atoms with E-state index in [4.69, 9.17) is 9.47 Å². The van der Waals surface area contributed by atoms with Gasteiger partial charge in [0.25, 0.3) is 0 Å². The van der Waals surface area contributed by atoms with E-state index >= 15 is 0 Å². The molecule has 7 heteroatoms. The number of hydrogen-bond acceptors (Lipinski definition) is 5. The predicted molar refractivity (Wildman–Crippen MR) is 75.3 cm³/mol. The summed E-state index contributed by atoms with van der Waals surface area (Å²) in [4.78, 5) is 15.9. The SMILES string of the molecule is COCCCNC(=O)Cn1cnc(CNCCOC)c1. The van der Waals surface area contributed by atoms with Crippen LogP contribution in [0.3, 0.4) is 0 Å². The Morgan fingerprint density at radius 3 is 2.85 bits per heavy atom. The molecule has 0 aromatic carbocycles. The van der Waals surface area contributed by atoms with Crippen LogP contribution in [0.4, 0.5) is 0 Å². The predicted octanol–water partition coefficient (Wildman–Crippen LogP) is -0.228. The number of rotatable bonds is 11. The summed E-state index contributed by atoms with van der Waals surface area (Å²) >= 11 is 0. The number of methoxy groups -OCH3 is 2. The van der Waals surface area contributed by atoms with Gasteiger partial charge in [0.2, 0.25) is 5.91 Å². The van der Waals surface area contributed by atoms with E-state index in [-0.39, 0.29) is 12.5 Å². The lowest BCUT2D eigenvalue weighted by atomic mass is 10.4. The van der Waals surface area contributed by atoms with E-state index in [2.05, 4.69) is 15.6 Å². The van der Waals surface area contributed by atoms with Crippen LogP contribution >= 0.6 is 0 Å². The lowest BCUT2D eigenvalue weighted by molar-refractivity contribution is -0.121. The van der Waals surface area contributed by atoms with Crippen molar-refractivity contribution in [2.75, 3.05) is 40.5 Å². The van der Waals surface area contributed by atoms with E-state index < -0.39 is 0 Å². The molecule has 0 spiro atoms. The molecule has 1 aromatic rings. The van der Waals surface area contributed by atoms with E-state index in [1.54, 1.807) is 25.1 Å². The van der Waals surface area contributed by atoms with E-state index in [0.29, 0.717) is 26.3 Å². The van der Waals surface area contributed by atoms with Gasteiger partial charge in [0.1, 0.15) is 6.54 Å².